The van der Waals surface area contributed by atoms with Crippen molar-refractivity contribution in [3.8, 4) is 0 Å². The zero-order valence-electron chi connectivity index (χ0n) is 9.90. The molecule has 0 bridgehead atoms. The van der Waals surface area contributed by atoms with Gasteiger partial charge in [-0.25, -0.2) is 4.39 Å². The molecule has 1 fully saturated rings. The van der Waals surface area contributed by atoms with Crippen LogP contribution in [-0.4, -0.2) is 29.1 Å². The van der Waals surface area contributed by atoms with E-state index < -0.39 is 11.8 Å². The average Bonchev–Trinajstić information content (AvgIpc) is 2.34. The summed E-state index contributed by atoms with van der Waals surface area (Å²) in [7, 11) is 0. The Kier molecular flexibility index (Phi) is 4.19. The van der Waals surface area contributed by atoms with Gasteiger partial charge in [0.2, 0.25) is 0 Å². The van der Waals surface area contributed by atoms with Crippen LogP contribution in [0.2, 0.25) is 5.02 Å². The molecule has 1 aliphatic heterocycles. The highest BCUT2D eigenvalue weighted by atomic mass is 35.5. The van der Waals surface area contributed by atoms with E-state index in [4.69, 9.17) is 16.7 Å². The molecule has 18 heavy (non-hydrogen) atoms. The number of halogens is 2. The van der Waals surface area contributed by atoms with Gasteiger partial charge in [-0.15, -0.1) is 0 Å². The Morgan fingerprint density at radius 1 is 1.56 bits per heavy atom. The molecule has 0 saturated carbocycles. The standard InChI is InChI=1S/C13H15ClFNO2/c14-11-6-9(3-4-12(11)15)7-16-5-1-2-10(8-16)13(17)18/h3-4,6,10H,1-2,5,7-8H2,(H,17,18)/t10-/m0/s1. The Labute approximate surface area is 110 Å². The molecule has 2 rings (SSSR count). The summed E-state index contributed by atoms with van der Waals surface area (Å²) in [6.07, 6.45) is 1.61. The number of aliphatic carboxylic acids is 1. The van der Waals surface area contributed by atoms with Gasteiger partial charge in [0.1, 0.15) is 5.82 Å². The molecule has 0 radical (unpaired) electrons. The number of carboxylic acid groups (broad SMARTS) is 1. The third-order valence-corrected chi connectivity index (χ3v) is 3.53. The second kappa shape index (κ2) is 5.67. The van der Waals surface area contributed by atoms with Crippen molar-refractivity contribution in [3.63, 3.8) is 0 Å². The van der Waals surface area contributed by atoms with Crippen molar-refractivity contribution in [3.05, 3.63) is 34.6 Å². The van der Waals surface area contributed by atoms with Crippen molar-refractivity contribution < 1.29 is 14.3 Å². The molecule has 1 aromatic rings. The number of nitrogens with zero attached hydrogens (tertiary/aromatic N) is 1. The van der Waals surface area contributed by atoms with Gasteiger partial charge < -0.3 is 5.11 Å². The maximum Gasteiger partial charge on any atom is 0.307 e. The number of benzene rings is 1. The maximum atomic E-state index is 13.0. The number of likely N-dealkylation sites (tertiary alicyclic amines) is 1. The summed E-state index contributed by atoms with van der Waals surface area (Å²) in [5.41, 5.74) is 0.910. The van der Waals surface area contributed by atoms with Crippen molar-refractivity contribution in [1.29, 1.82) is 0 Å². The summed E-state index contributed by atoms with van der Waals surface area (Å²) < 4.78 is 13.0. The van der Waals surface area contributed by atoms with E-state index in [0.717, 1.165) is 24.9 Å². The van der Waals surface area contributed by atoms with E-state index in [-0.39, 0.29) is 10.9 Å². The second-order valence-electron chi connectivity index (χ2n) is 4.66. The molecule has 1 aromatic carbocycles. The molecule has 98 valence electrons. The Morgan fingerprint density at radius 2 is 2.33 bits per heavy atom. The highest BCUT2D eigenvalue weighted by molar-refractivity contribution is 6.30. The molecule has 1 atom stereocenters. The van der Waals surface area contributed by atoms with Gasteiger partial charge in [0.05, 0.1) is 10.9 Å². The predicted octanol–water partition coefficient (Wildman–Crippen LogP) is 2.78. The highest BCUT2D eigenvalue weighted by Crippen LogP contribution is 2.21. The van der Waals surface area contributed by atoms with Gasteiger partial charge in [0.15, 0.2) is 0 Å². The van der Waals surface area contributed by atoms with Gasteiger partial charge in [0, 0.05) is 13.1 Å². The van der Waals surface area contributed by atoms with Crippen molar-refractivity contribution >= 4 is 17.6 Å². The summed E-state index contributed by atoms with van der Waals surface area (Å²) >= 11 is 5.72. The largest absolute Gasteiger partial charge is 0.481 e. The van der Waals surface area contributed by atoms with E-state index in [0.29, 0.717) is 13.1 Å². The summed E-state index contributed by atoms with van der Waals surface area (Å²) in [5.74, 6) is -1.46. The zero-order chi connectivity index (χ0) is 13.1. The quantitative estimate of drug-likeness (QED) is 0.919. The predicted molar refractivity (Wildman–Crippen MR) is 67.0 cm³/mol. The van der Waals surface area contributed by atoms with Crippen LogP contribution in [0.4, 0.5) is 4.39 Å². The molecular weight excluding hydrogens is 257 g/mol. The van der Waals surface area contributed by atoms with Crippen LogP contribution in [0.15, 0.2) is 18.2 Å². The summed E-state index contributed by atoms with van der Waals surface area (Å²) in [6, 6.07) is 4.63. The molecular formula is C13H15ClFNO2. The van der Waals surface area contributed by atoms with Gasteiger partial charge in [-0.05, 0) is 37.1 Å². The molecule has 1 heterocycles. The minimum atomic E-state index is -0.739. The molecule has 0 amide bonds. The Hall–Kier alpha value is -1.13. The van der Waals surface area contributed by atoms with Gasteiger partial charge in [-0.2, -0.15) is 0 Å². The fraction of sp³-hybridized carbons (Fsp3) is 0.462. The molecule has 0 unspecified atom stereocenters. The fourth-order valence-corrected chi connectivity index (χ4v) is 2.50. The summed E-state index contributed by atoms with van der Waals surface area (Å²) in [6.45, 7) is 2.03. The van der Waals surface area contributed by atoms with E-state index in [1.807, 2.05) is 0 Å². The van der Waals surface area contributed by atoms with E-state index in [2.05, 4.69) is 4.90 Å². The van der Waals surface area contributed by atoms with Crippen molar-refractivity contribution in [1.82, 2.24) is 4.90 Å². The first-order chi connectivity index (χ1) is 8.56. The van der Waals surface area contributed by atoms with Crippen molar-refractivity contribution in [2.24, 2.45) is 5.92 Å². The monoisotopic (exact) mass is 271 g/mol. The Balaban J connectivity index is 2.00. The number of piperidine rings is 1. The molecule has 0 spiro atoms. The Bertz CT molecular complexity index is 453. The molecule has 5 heteroatoms. The molecule has 3 nitrogen and oxygen atoms in total. The smallest absolute Gasteiger partial charge is 0.307 e. The lowest BCUT2D eigenvalue weighted by molar-refractivity contribution is -0.143. The van der Waals surface area contributed by atoms with Crippen LogP contribution in [-0.2, 0) is 11.3 Å². The molecule has 0 aliphatic carbocycles. The first kappa shape index (κ1) is 13.3. The number of carbonyl (C=O) groups is 1. The normalized spacial score (nSPS) is 20.9. The van der Waals surface area contributed by atoms with Crippen LogP contribution in [0.3, 0.4) is 0 Å². The van der Waals surface area contributed by atoms with Crippen LogP contribution < -0.4 is 0 Å². The Morgan fingerprint density at radius 3 is 3.00 bits per heavy atom. The van der Waals surface area contributed by atoms with E-state index in [1.54, 1.807) is 12.1 Å². The van der Waals surface area contributed by atoms with E-state index in [9.17, 15) is 9.18 Å². The molecule has 0 aromatic heterocycles. The summed E-state index contributed by atoms with van der Waals surface area (Å²) in [4.78, 5) is 13.0. The van der Waals surface area contributed by atoms with Gasteiger partial charge in [-0.1, -0.05) is 17.7 Å². The van der Waals surface area contributed by atoms with Crippen LogP contribution in [0.1, 0.15) is 18.4 Å². The molecule has 1 N–H and O–H groups in total. The number of hydrogen-bond acceptors (Lipinski definition) is 2. The maximum absolute atomic E-state index is 13.0. The second-order valence-corrected chi connectivity index (χ2v) is 5.07. The van der Waals surface area contributed by atoms with Crippen molar-refractivity contribution in [2.75, 3.05) is 13.1 Å². The SMILES string of the molecule is O=C(O)[C@H]1CCCN(Cc2ccc(F)c(Cl)c2)C1. The summed E-state index contributed by atoms with van der Waals surface area (Å²) in [5, 5.41) is 9.12. The van der Waals surface area contributed by atoms with E-state index in [1.165, 1.54) is 6.07 Å². The van der Waals surface area contributed by atoms with Gasteiger partial charge in [-0.3, -0.25) is 9.69 Å². The zero-order valence-corrected chi connectivity index (χ0v) is 10.7. The van der Waals surface area contributed by atoms with Crippen LogP contribution in [0.25, 0.3) is 0 Å². The first-order valence-electron chi connectivity index (χ1n) is 5.95. The lowest BCUT2D eigenvalue weighted by Gasteiger charge is -2.30. The lowest BCUT2D eigenvalue weighted by atomic mass is 9.98. The number of hydrogen-bond donors (Lipinski definition) is 1. The van der Waals surface area contributed by atoms with Crippen molar-refractivity contribution in [2.45, 2.75) is 19.4 Å². The highest BCUT2D eigenvalue weighted by Gasteiger charge is 2.25. The van der Waals surface area contributed by atoms with Crippen LogP contribution in [0.5, 0.6) is 0 Å². The lowest BCUT2D eigenvalue weighted by Crippen LogP contribution is -2.38. The minimum absolute atomic E-state index is 0.110. The van der Waals surface area contributed by atoms with Gasteiger partial charge in [0.25, 0.3) is 0 Å². The topological polar surface area (TPSA) is 40.5 Å². The van der Waals surface area contributed by atoms with E-state index >= 15 is 0 Å². The third-order valence-electron chi connectivity index (χ3n) is 3.24. The third kappa shape index (κ3) is 3.21. The molecule has 1 aliphatic rings. The van der Waals surface area contributed by atoms with Crippen LogP contribution in [0, 0.1) is 11.7 Å². The van der Waals surface area contributed by atoms with Gasteiger partial charge >= 0.3 is 5.97 Å². The number of rotatable bonds is 3. The fourth-order valence-electron chi connectivity index (χ4n) is 2.30. The van der Waals surface area contributed by atoms with Crippen LogP contribution >= 0.6 is 11.6 Å². The minimum Gasteiger partial charge on any atom is -0.481 e. The number of carboxylic acids is 1. The molecule has 1 saturated heterocycles. The average molecular weight is 272 g/mol. The first-order valence-corrected chi connectivity index (χ1v) is 6.33.